The van der Waals surface area contributed by atoms with Crippen molar-refractivity contribution in [2.45, 2.75) is 11.8 Å². The second-order valence-corrected chi connectivity index (χ2v) is 7.30. The Hall–Kier alpha value is -2.63. The van der Waals surface area contributed by atoms with E-state index in [1.165, 1.54) is 12.1 Å². The van der Waals surface area contributed by atoms with E-state index in [0.717, 1.165) is 11.6 Å². The number of nitrogen functional groups attached to an aromatic ring is 1. The molecule has 9 heteroatoms. The molecule has 2 aromatic rings. The van der Waals surface area contributed by atoms with Crippen LogP contribution in [0.25, 0.3) is 0 Å². The molecule has 24 heavy (non-hydrogen) atoms. The molecule has 7 nitrogen and oxygen atoms in total. The maximum absolute atomic E-state index is 12.2. The SMILES string of the molecule is Cc1ccc(S(=O)(=O)CNC(=O)c2cc(N)c(C#N)c(Cl)n2)cc1. The molecule has 0 unspecified atom stereocenters. The largest absolute Gasteiger partial charge is 0.397 e. The summed E-state index contributed by atoms with van der Waals surface area (Å²) in [5.74, 6) is -1.36. The third-order valence-electron chi connectivity index (χ3n) is 3.15. The number of carbonyl (C=O) groups is 1. The summed E-state index contributed by atoms with van der Waals surface area (Å²) in [6.07, 6.45) is 0. The zero-order chi connectivity index (χ0) is 17.9. The Morgan fingerprint density at radius 2 is 2.00 bits per heavy atom. The number of aryl methyl sites for hydroxylation is 1. The Balaban J connectivity index is 2.16. The van der Waals surface area contributed by atoms with E-state index >= 15 is 0 Å². The lowest BCUT2D eigenvalue weighted by molar-refractivity contribution is 0.0955. The zero-order valence-electron chi connectivity index (χ0n) is 12.6. The highest BCUT2D eigenvalue weighted by molar-refractivity contribution is 7.91. The first-order valence-corrected chi connectivity index (χ1v) is 8.71. The molecule has 1 aromatic carbocycles. The smallest absolute Gasteiger partial charge is 0.270 e. The molecule has 3 N–H and O–H groups in total. The molecular weight excluding hydrogens is 352 g/mol. The Morgan fingerprint density at radius 3 is 2.54 bits per heavy atom. The van der Waals surface area contributed by atoms with Crippen LogP contribution in [0.2, 0.25) is 5.15 Å². The van der Waals surface area contributed by atoms with Crippen LogP contribution in [-0.2, 0) is 9.84 Å². The maximum atomic E-state index is 12.2. The maximum Gasteiger partial charge on any atom is 0.270 e. The minimum Gasteiger partial charge on any atom is -0.397 e. The van der Waals surface area contributed by atoms with Crippen LogP contribution in [0.4, 0.5) is 5.69 Å². The van der Waals surface area contributed by atoms with Crippen LogP contribution in [0, 0.1) is 18.3 Å². The highest BCUT2D eigenvalue weighted by Gasteiger charge is 2.18. The van der Waals surface area contributed by atoms with Gasteiger partial charge in [0.25, 0.3) is 5.91 Å². The number of halogens is 1. The van der Waals surface area contributed by atoms with Crippen molar-refractivity contribution >= 4 is 33.0 Å². The van der Waals surface area contributed by atoms with Gasteiger partial charge in [0.15, 0.2) is 9.84 Å². The van der Waals surface area contributed by atoms with E-state index in [4.69, 9.17) is 22.6 Å². The van der Waals surface area contributed by atoms with Crippen molar-refractivity contribution in [3.8, 4) is 6.07 Å². The number of hydrogen-bond donors (Lipinski definition) is 2. The Morgan fingerprint density at radius 1 is 1.38 bits per heavy atom. The molecule has 0 saturated carbocycles. The minimum absolute atomic E-state index is 0.0101. The van der Waals surface area contributed by atoms with Crippen molar-refractivity contribution in [3.05, 3.63) is 52.3 Å². The standard InChI is InChI=1S/C15H13ClN4O3S/c1-9-2-4-10(5-3-9)24(22,23)8-19-15(21)13-6-12(18)11(7-17)14(16)20-13/h2-6H,8H2,1H3,(H2,18,20)(H,19,21). The summed E-state index contributed by atoms with van der Waals surface area (Å²) in [5, 5.41) is 10.9. The molecule has 124 valence electrons. The number of aromatic nitrogens is 1. The molecular formula is C15H13ClN4O3S. The third kappa shape index (κ3) is 3.82. The van der Waals surface area contributed by atoms with Crippen molar-refractivity contribution in [3.63, 3.8) is 0 Å². The van der Waals surface area contributed by atoms with E-state index in [-0.39, 0.29) is 27.0 Å². The Bertz CT molecular complexity index is 911. The molecule has 1 aromatic heterocycles. The number of sulfone groups is 1. The van der Waals surface area contributed by atoms with Gasteiger partial charge < -0.3 is 11.1 Å². The first kappa shape index (κ1) is 17.7. The summed E-state index contributed by atoms with van der Waals surface area (Å²) < 4.78 is 24.4. The Labute approximate surface area is 144 Å². The van der Waals surface area contributed by atoms with Gasteiger partial charge in [-0.25, -0.2) is 13.4 Å². The molecule has 0 spiro atoms. The molecule has 1 heterocycles. The van der Waals surface area contributed by atoms with Crippen LogP contribution in [0.15, 0.2) is 35.2 Å². The van der Waals surface area contributed by atoms with Crippen LogP contribution in [-0.4, -0.2) is 25.2 Å². The third-order valence-corrected chi connectivity index (χ3v) is 4.94. The predicted molar refractivity (Wildman–Crippen MR) is 89.1 cm³/mol. The average molecular weight is 365 g/mol. The molecule has 2 rings (SSSR count). The van der Waals surface area contributed by atoms with Gasteiger partial charge in [0.05, 0.1) is 10.6 Å². The quantitative estimate of drug-likeness (QED) is 0.794. The van der Waals surface area contributed by atoms with Gasteiger partial charge in [-0.05, 0) is 25.1 Å². The second-order valence-electron chi connectivity index (χ2n) is 4.95. The second kappa shape index (κ2) is 6.86. The number of nitriles is 1. The number of hydrogen-bond acceptors (Lipinski definition) is 6. The molecule has 0 aliphatic rings. The normalized spacial score (nSPS) is 10.9. The topological polar surface area (TPSA) is 126 Å². The van der Waals surface area contributed by atoms with Crippen molar-refractivity contribution in [1.82, 2.24) is 10.3 Å². The van der Waals surface area contributed by atoms with Gasteiger partial charge in [-0.3, -0.25) is 4.79 Å². The highest BCUT2D eigenvalue weighted by atomic mass is 35.5. The highest BCUT2D eigenvalue weighted by Crippen LogP contribution is 2.20. The summed E-state index contributed by atoms with van der Waals surface area (Å²) >= 11 is 5.77. The van der Waals surface area contributed by atoms with Crippen LogP contribution < -0.4 is 11.1 Å². The van der Waals surface area contributed by atoms with Gasteiger partial charge in [0.1, 0.15) is 28.4 Å². The minimum atomic E-state index is -3.69. The fourth-order valence-corrected chi connectivity index (χ4v) is 3.12. The molecule has 0 fully saturated rings. The predicted octanol–water partition coefficient (Wildman–Crippen LogP) is 1.66. The number of benzene rings is 1. The van der Waals surface area contributed by atoms with Gasteiger partial charge in [-0.15, -0.1) is 0 Å². The van der Waals surface area contributed by atoms with Crippen molar-refractivity contribution in [1.29, 1.82) is 5.26 Å². The molecule has 0 aliphatic heterocycles. The van der Waals surface area contributed by atoms with Gasteiger partial charge in [-0.2, -0.15) is 5.26 Å². The number of nitrogens with zero attached hydrogens (tertiary/aromatic N) is 2. The van der Waals surface area contributed by atoms with E-state index in [9.17, 15) is 13.2 Å². The van der Waals surface area contributed by atoms with Gasteiger partial charge in [0, 0.05) is 0 Å². The number of nitrogens with one attached hydrogen (secondary N) is 1. The number of amides is 1. The fraction of sp³-hybridized carbons (Fsp3) is 0.133. The molecule has 0 aliphatic carbocycles. The van der Waals surface area contributed by atoms with Crippen LogP contribution >= 0.6 is 11.6 Å². The fourth-order valence-electron chi connectivity index (χ4n) is 1.84. The lowest BCUT2D eigenvalue weighted by atomic mass is 10.2. The van der Waals surface area contributed by atoms with E-state index in [1.54, 1.807) is 18.2 Å². The number of carbonyl (C=O) groups excluding carboxylic acids is 1. The van der Waals surface area contributed by atoms with Crippen molar-refractivity contribution < 1.29 is 13.2 Å². The lowest BCUT2D eigenvalue weighted by Crippen LogP contribution is -2.30. The number of anilines is 1. The summed E-state index contributed by atoms with van der Waals surface area (Å²) in [5.41, 5.74) is 6.31. The van der Waals surface area contributed by atoms with E-state index in [0.29, 0.717) is 0 Å². The van der Waals surface area contributed by atoms with E-state index in [1.807, 2.05) is 6.92 Å². The average Bonchev–Trinajstić information content (AvgIpc) is 2.52. The molecule has 0 saturated heterocycles. The van der Waals surface area contributed by atoms with Crippen molar-refractivity contribution in [2.75, 3.05) is 11.6 Å². The van der Waals surface area contributed by atoms with Gasteiger partial charge in [0.2, 0.25) is 0 Å². The summed E-state index contributed by atoms with van der Waals surface area (Å²) in [4.78, 5) is 15.9. The van der Waals surface area contributed by atoms with Crippen molar-refractivity contribution in [2.24, 2.45) is 0 Å². The Kier molecular flexibility index (Phi) is 5.07. The number of rotatable bonds is 4. The summed E-state index contributed by atoms with van der Waals surface area (Å²) in [6, 6.07) is 9.19. The summed E-state index contributed by atoms with van der Waals surface area (Å²) in [7, 11) is -3.69. The van der Waals surface area contributed by atoms with E-state index in [2.05, 4.69) is 10.3 Å². The van der Waals surface area contributed by atoms with Gasteiger partial charge >= 0.3 is 0 Å². The van der Waals surface area contributed by atoms with Crippen LogP contribution in [0.5, 0.6) is 0 Å². The zero-order valence-corrected chi connectivity index (χ0v) is 14.1. The molecule has 0 radical (unpaired) electrons. The molecule has 0 bridgehead atoms. The lowest BCUT2D eigenvalue weighted by Gasteiger charge is -2.08. The monoisotopic (exact) mass is 364 g/mol. The van der Waals surface area contributed by atoms with Crippen LogP contribution in [0.3, 0.4) is 0 Å². The molecule has 1 amide bonds. The first-order chi connectivity index (χ1) is 11.2. The van der Waals surface area contributed by atoms with Gasteiger partial charge in [-0.1, -0.05) is 29.3 Å². The summed E-state index contributed by atoms with van der Waals surface area (Å²) in [6.45, 7) is 1.84. The van der Waals surface area contributed by atoms with Crippen LogP contribution in [0.1, 0.15) is 21.6 Å². The first-order valence-electron chi connectivity index (χ1n) is 6.68. The molecule has 0 atom stereocenters. The number of nitrogens with two attached hydrogens (primary N) is 1. The number of pyridine rings is 1. The van der Waals surface area contributed by atoms with E-state index < -0.39 is 21.6 Å².